The van der Waals surface area contributed by atoms with Crippen molar-refractivity contribution in [3.8, 4) is 0 Å². The minimum Gasteiger partial charge on any atom is -0.364 e. The normalized spacial score (nSPS) is 20.1. The van der Waals surface area contributed by atoms with Crippen molar-refractivity contribution < 1.29 is 9.84 Å². The van der Waals surface area contributed by atoms with Crippen LogP contribution in [0.1, 0.15) is 70.1 Å². The molecular weight excluding hydrogens is 224 g/mol. The average molecular weight is 248 g/mol. The van der Waals surface area contributed by atoms with E-state index in [4.69, 9.17) is 4.74 Å². The monoisotopic (exact) mass is 248 g/mol. The zero-order valence-corrected chi connectivity index (χ0v) is 12.3. The van der Waals surface area contributed by atoms with Crippen LogP contribution in [0.3, 0.4) is 0 Å². The molecule has 1 aliphatic heterocycles. The molecule has 0 aliphatic carbocycles. The van der Waals surface area contributed by atoms with E-state index in [9.17, 15) is 5.11 Å². The Morgan fingerprint density at radius 2 is 1.67 bits per heavy atom. The Kier molecular flexibility index (Phi) is 3.07. The third kappa shape index (κ3) is 2.32. The van der Waals surface area contributed by atoms with Gasteiger partial charge in [0.2, 0.25) is 0 Å². The predicted octanol–water partition coefficient (Wildman–Crippen LogP) is 3.80. The molecule has 0 radical (unpaired) electrons. The first kappa shape index (κ1) is 13.6. The lowest BCUT2D eigenvalue weighted by atomic mass is 9.77. The summed E-state index contributed by atoms with van der Waals surface area (Å²) >= 11 is 0. The lowest BCUT2D eigenvalue weighted by molar-refractivity contribution is -0.0919. The van der Waals surface area contributed by atoms with E-state index < -0.39 is 6.29 Å². The van der Waals surface area contributed by atoms with E-state index in [1.807, 2.05) is 0 Å². The first-order valence-electron chi connectivity index (χ1n) is 6.58. The highest BCUT2D eigenvalue weighted by Crippen LogP contribution is 2.39. The second-order valence-corrected chi connectivity index (χ2v) is 7.25. The van der Waals surface area contributed by atoms with Gasteiger partial charge in [0.25, 0.3) is 0 Å². The van der Waals surface area contributed by atoms with Gasteiger partial charge in [0.15, 0.2) is 6.29 Å². The van der Waals surface area contributed by atoms with Gasteiger partial charge < -0.3 is 9.84 Å². The van der Waals surface area contributed by atoms with E-state index in [1.165, 1.54) is 16.7 Å². The molecule has 2 rings (SSSR count). The molecule has 2 heteroatoms. The van der Waals surface area contributed by atoms with Gasteiger partial charge in [0.05, 0.1) is 6.61 Å². The zero-order chi connectivity index (χ0) is 13.7. The molecule has 1 aromatic rings. The molecule has 1 N–H and O–H groups in total. The van der Waals surface area contributed by atoms with E-state index in [0.29, 0.717) is 6.61 Å². The van der Waals surface area contributed by atoms with Gasteiger partial charge in [-0.05, 0) is 33.6 Å². The van der Waals surface area contributed by atoms with Gasteiger partial charge in [-0.25, -0.2) is 0 Å². The summed E-state index contributed by atoms with van der Waals surface area (Å²) < 4.78 is 5.38. The van der Waals surface area contributed by atoms with Crippen molar-refractivity contribution in [3.05, 3.63) is 34.4 Å². The summed E-state index contributed by atoms with van der Waals surface area (Å²) in [4.78, 5) is 0. The Balaban J connectivity index is 2.67. The van der Waals surface area contributed by atoms with Gasteiger partial charge in [-0.15, -0.1) is 0 Å². The van der Waals surface area contributed by atoms with Crippen molar-refractivity contribution in [2.24, 2.45) is 0 Å². The average Bonchev–Trinajstić information content (AvgIpc) is 2.56. The lowest BCUT2D eigenvalue weighted by Gasteiger charge is -2.27. The first-order valence-corrected chi connectivity index (χ1v) is 6.58. The van der Waals surface area contributed by atoms with Gasteiger partial charge in [0, 0.05) is 5.56 Å². The number of fused-ring (bicyclic) bond motifs is 1. The maximum atomic E-state index is 9.94. The SMILES string of the molecule is CC(C)(C)c1cc2c(c(C(C)(C)C)c1)COC2O. The van der Waals surface area contributed by atoms with E-state index >= 15 is 0 Å². The largest absolute Gasteiger partial charge is 0.364 e. The molecule has 0 spiro atoms. The minimum absolute atomic E-state index is 0.0682. The van der Waals surface area contributed by atoms with Crippen molar-refractivity contribution >= 4 is 0 Å². The number of benzene rings is 1. The Hall–Kier alpha value is -0.860. The summed E-state index contributed by atoms with van der Waals surface area (Å²) in [6.45, 7) is 13.7. The third-order valence-electron chi connectivity index (χ3n) is 3.61. The summed E-state index contributed by atoms with van der Waals surface area (Å²) in [6, 6.07) is 4.38. The van der Waals surface area contributed by atoms with Crippen molar-refractivity contribution in [1.82, 2.24) is 0 Å². The van der Waals surface area contributed by atoms with E-state index in [1.54, 1.807) is 0 Å². The Bertz CT molecular complexity index is 461. The lowest BCUT2D eigenvalue weighted by Crippen LogP contribution is -2.19. The van der Waals surface area contributed by atoms with Crippen LogP contribution in [-0.4, -0.2) is 5.11 Å². The molecule has 1 heterocycles. The highest BCUT2D eigenvalue weighted by atomic mass is 16.6. The number of aliphatic hydroxyl groups is 1. The molecule has 0 amide bonds. The fourth-order valence-corrected chi connectivity index (χ4v) is 2.43. The maximum Gasteiger partial charge on any atom is 0.181 e. The summed E-state index contributed by atoms with van der Waals surface area (Å²) in [5, 5.41) is 9.94. The third-order valence-corrected chi connectivity index (χ3v) is 3.61. The topological polar surface area (TPSA) is 29.5 Å². The molecule has 0 fully saturated rings. The molecule has 1 aliphatic rings. The Labute approximate surface area is 110 Å². The second kappa shape index (κ2) is 4.07. The fourth-order valence-electron chi connectivity index (χ4n) is 2.43. The minimum atomic E-state index is -0.761. The Morgan fingerprint density at radius 1 is 1.06 bits per heavy atom. The molecule has 1 unspecified atom stereocenters. The van der Waals surface area contributed by atoms with Crippen LogP contribution in [-0.2, 0) is 22.2 Å². The standard InChI is InChI=1S/C16H24O2/c1-15(2,3)10-7-11-12(9-18-14(11)17)13(8-10)16(4,5)6/h7-8,14,17H,9H2,1-6H3. The van der Waals surface area contributed by atoms with Crippen LogP contribution >= 0.6 is 0 Å². The molecule has 100 valence electrons. The summed E-state index contributed by atoms with van der Waals surface area (Å²) in [7, 11) is 0. The summed E-state index contributed by atoms with van der Waals surface area (Å²) in [5.41, 5.74) is 4.82. The van der Waals surface area contributed by atoms with Crippen LogP contribution in [0.15, 0.2) is 12.1 Å². The second-order valence-electron chi connectivity index (χ2n) is 7.25. The van der Waals surface area contributed by atoms with Crippen LogP contribution in [0.5, 0.6) is 0 Å². The molecule has 0 aromatic heterocycles. The van der Waals surface area contributed by atoms with E-state index in [-0.39, 0.29) is 10.8 Å². The van der Waals surface area contributed by atoms with Crippen molar-refractivity contribution in [2.45, 2.75) is 65.3 Å². The van der Waals surface area contributed by atoms with Crippen molar-refractivity contribution in [2.75, 3.05) is 0 Å². The van der Waals surface area contributed by atoms with Gasteiger partial charge in [-0.3, -0.25) is 0 Å². The highest BCUT2D eigenvalue weighted by molar-refractivity contribution is 5.46. The van der Waals surface area contributed by atoms with Gasteiger partial charge in [0.1, 0.15) is 0 Å². The zero-order valence-electron chi connectivity index (χ0n) is 12.3. The number of aliphatic hydroxyl groups excluding tert-OH is 1. The van der Waals surface area contributed by atoms with Crippen LogP contribution in [0.25, 0.3) is 0 Å². The van der Waals surface area contributed by atoms with Crippen LogP contribution < -0.4 is 0 Å². The smallest absolute Gasteiger partial charge is 0.181 e. The number of ether oxygens (including phenoxy) is 1. The fraction of sp³-hybridized carbons (Fsp3) is 0.625. The Morgan fingerprint density at radius 3 is 2.17 bits per heavy atom. The van der Waals surface area contributed by atoms with Crippen molar-refractivity contribution in [3.63, 3.8) is 0 Å². The van der Waals surface area contributed by atoms with Gasteiger partial charge in [-0.1, -0.05) is 47.6 Å². The van der Waals surface area contributed by atoms with Crippen LogP contribution in [0.4, 0.5) is 0 Å². The number of hydrogen-bond acceptors (Lipinski definition) is 2. The molecule has 2 nitrogen and oxygen atoms in total. The maximum absolute atomic E-state index is 9.94. The number of hydrogen-bond donors (Lipinski definition) is 1. The van der Waals surface area contributed by atoms with Crippen LogP contribution in [0, 0.1) is 0 Å². The quantitative estimate of drug-likeness (QED) is 0.756. The van der Waals surface area contributed by atoms with Gasteiger partial charge in [-0.2, -0.15) is 0 Å². The first-order chi connectivity index (χ1) is 8.10. The van der Waals surface area contributed by atoms with Gasteiger partial charge >= 0.3 is 0 Å². The highest BCUT2D eigenvalue weighted by Gasteiger charge is 2.30. The molecule has 1 aromatic carbocycles. The summed E-state index contributed by atoms with van der Waals surface area (Å²) in [6.07, 6.45) is -0.761. The molecule has 0 saturated carbocycles. The van der Waals surface area contributed by atoms with Crippen LogP contribution in [0.2, 0.25) is 0 Å². The van der Waals surface area contributed by atoms with E-state index in [0.717, 1.165) is 5.56 Å². The molecular formula is C16H24O2. The molecule has 0 bridgehead atoms. The van der Waals surface area contributed by atoms with E-state index in [2.05, 4.69) is 53.7 Å². The molecule has 1 atom stereocenters. The molecule has 0 saturated heterocycles. The predicted molar refractivity (Wildman–Crippen MR) is 73.6 cm³/mol. The van der Waals surface area contributed by atoms with Crippen molar-refractivity contribution in [1.29, 1.82) is 0 Å². The molecule has 18 heavy (non-hydrogen) atoms. The summed E-state index contributed by atoms with van der Waals surface area (Å²) in [5.74, 6) is 0. The number of rotatable bonds is 0.